The third-order valence-corrected chi connectivity index (χ3v) is 3.99. The second-order valence-corrected chi connectivity index (χ2v) is 6.63. The van der Waals surface area contributed by atoms with Crippen molar-refractivity contribution in [1.82, 2.24) is 15.5 Å². The van der Waals surface area contributed by atoms with Crippen molar-refractivity contribution in [2.75, 3.05) is 26.2 Å². The molecular formula is C14H27N3O. The fourth-order valence-electron chi connectivity index (χ4n) is 3.06. The molecule has 0 radical (unpaired) electrons. The van der Waals surface area contributed by atoms with Gasteiger partial charge in [-0.15, -0.1) is 0 Å². The van der Waals surface area contributed by atoms with E-state index in [4.69, 9.17) is 0 Å². The van der Waals surface area contributed by atoms with Crippen LogP contribution < -0.4 is 10.6 Å². The predicted molar refractivity (Wildman–Crippen MR) is 73.5 cm³/mol. The molecule has 0 spiro atoms. The second-order valence-electron chi connectivity index (χ2n) is 6.63. The summed E-state index contributed by atoms with van der Waals surface area (Å²) in [5.41, 5.74) is 0.204. The number of nitrogens with one attached hydrogen (secondary N) is 2. The van der Waals surface area contributed by atoms with Gasteiger partial charge in [-0.25, -0.2) is 0 Å². The first-order valence-corrected chi connectivity index (χ1v) is 7.24. The minimum atomic E-state index is 0.204. The van der Waals surface area contributed by atoms with E-state index in [-0.39, 0.29) is 17.4 Å². The van der Waals surface area contributed by atoms with Gasteiger partial charge in [0.2, 0.25) is 5.91 Å². The molecule has 18 heavy (non-hydrogen) atoms. The highest BCUT2D eigenvalue weighted by atomic mass is 16.2. The van der Waals surface area contributed by atoms with Gasteiger partial charge in [0.25, 0.3) is 0 Å². The van der Waals surface area contributed by atoms with Gasteiger partial charge in [-0.2, -0.15) is 0 Å². The largest absolute Gasteiger partial charge is 0.354 e. The van der Waals surface area contributed by atoms with E-state index >= 15 is 0 Å². The molecule has 0 aliphatic carbocycles. The van der Waals surface area contributed by atoms with Crippen molar-refractivity contribution in [3.8, 4) is 0 Å². The van der Waals surface area contributed by atoms with Crippen LogP contribution in [0.15, 0.2) is 0 Å². The van der Waals surface area contributed by atoms with Gasteiger partial charge >= 0.3 is 0 Å². The molecule has 0 bridgehead atoms. The van der Waals surface area contributed by atoms with Crippen LogP contribution in [0.2, 0.25) is 0 Å². The quantitative estimate of drug-likeness (QED) is 0.734. The number of nitrogens with zero attached hydrogens (tertiary/aromatic N) is 1. The van der Waals surface area contributed by atoms with Gasteiger partial charge in [-0.1, -0.05) is 0 Å². The molecule has 2 N–H and O–H groups in total. The van der Waals surface area contributed by atoms with E-state index in [0.717, 1.165) is 39.0 Å². The van der Waals surface area contributed by atoms with Gasteiger partial charge in [-0.3, -0.25) is 9.69 Å². The molecule has 4 nitrogen and oxygen atoms in total. The van der Waals surface area contributed by atoms with E-state index in [2.05, 4.69) is 36.3 Å². The zero-order valence-corrected chi connectivity index (χ0v) is 12.0. The smallest absolute Gasteiger partial charge is 0.224 e. The Labute approximate surface area is 110 Å². The van der Waals surface area contributed by atoms with Crippen LogP contribution in [0, 0.1) is 5.92 Å². The second kappa shape index (κ2) is 5.57. The molecule has 2 rings (SSSR count). The van der Waals surface area contributed by atoms with Crippen molar-refractivity contribution in [3.63, 3.8) is 0 Å². The van der Waals surface area contributed by atoms with Crippen LogP contribution >= 0.6 is 0 Å². The summed E-state index contributed by atoms with van der Waals surface area (Å²) in [5.74, 6) is 0.534. The summed E-state index contributed by atoms with van der Waals surface area (Å²) in [5, 5.41) is 6.53. The Balaban J connectivity index is 1.74. The van der Waals surface area contributed by atoms with Crippen LogP contribution in [0.1, 0.15) is 40.0 Å². The first-order valence-electron chi connectivity index (χ1n) is 7.24. The maximum atomic E-state index is 11.7. The van der Waals surface area contributed by atoms with Crippen molar-refractivity contribution in [2.45, 2.75) is 51.6 Å². The monoisotopic (exact) mass is 253 g/mol. The van der Waals surface area contributed by atoms with Gasteiger partial charge in [0.1, 0.15) is 0 Å². The van der Waals surface area contributed by atoms with E-state index in [1.165, 1.54) is 6.42 Å². The lowest BCUT2D eigenvalue weighted by atomic mass is 9.91. The van der Waals surface area contributed by atoms with Crippen LogP contribution in [0.25, 0.3) is 0 Å². The molecule has 2 aliphatic rings. The maximum absolute atomic E-state index is 11.7. The SMILES string of the molecule is CC(C)(C)NCCCN1CCCC2C(=O)NCC21. The molecule has 0 aromatic rings. The Morgan fingerprint density at radius 3 is 2.94 bits per heavy atom. The van der Waals surface area contributed by atoms with E-state index < -0.39 is 0 Å². The Morgan fingerprint density at radius 1 is 1.44 bits per heavy atom. The van der Waals surface area contributed by atoms with E-state index in [9.17, 15) is 4.79 Å². The highest BCUT2D eigenvalue weighted by Gasteiger charge is 2.40. The maximum Gasteiger partial charge on any atom is 0.224 e. The van der Waals surface area contributed by atoms with Crippen molar-refractivity contribution in [1.29, 1.82) is 0 Å². The zero-order chi connectivity index (χ0) is 13.2. The van der Waals surface area contributed by atoms with Gasteiger partial charge in [0, 0.05) is 18.1 Å². The van der Waals surface area contributed by atoms with Crippen LogP contribution in [0.3, 0.4) is 0 Å². The van der Waals surface area contributed by atoms with Crippen molar-refractivity contribution < 1.29 is 4.79 Å². The van der Waals surface area contributed by atoms with E-state index in [0.29, 0.717) is 6.04 Å². The average Bonchev–Trinajstić information content (AvgIpc) is 2.67. The fraction of sp³-hybridized carbons (Fsp3) is 0.929. The predicted octanol–water partition coefficient (Wildman–Crippen LogP) is 0.975. The van der Waals surface area contributed by atoms with Crippen LogP contribution in [-0.4, -0.2) is 48.6 Å². The Hall–Kier alpha value is -0.610. The Kier molecular flexibility index (Phi) is 4.28. The topological polar surface area (TPSA) is 44.4 Å². The molecule has 2 fully saturated rings. The lowest BCUT2D eigenvalue weighted by Crippen LogP contribution is -2.46. The Bertz CT molecular complexity index is 298. The number of carbonyl (C=O) groups is 1. The number of amides is 1. The first kappa shape index (κ1) is 13.8. The average molecular weight is 253 g/mol. The minimum Gasteiger partial charge on any atom is -0.354 e. The summed E-state index contributed by atoms with van der Waals surface area (Å²) in [4.78, 5) is 14.2. The first-order chi connectivity index (χ1) is 8.47. The van der Waals surface area contributed by atoms with Crippen LogP contribution in [0.4, 0.5) is 0 Å². The molecule has 2 heterocycles. The third-order valence-electron chi connectivity index (χ3n) is 3.99. The molecule has 0 aromatic heterocycles. The number of fused-ring (bicyclic) bond motifs is 1. The molecule has 0 aromatic carbocycles. The molecule has 2 aliphatic heterocycles. The summed E-state index contributed by atoms with van der Waals surface area (Å²) in [6.45, 7) is 10.8. The molecule has 0 saturated carbocycles. The molecule has 2 unspecified atom stereocenters. The number of likely N-dealkylation sites (tertiary alicyclic amines) is 1. The standard InChI is InChI=1S/C14H27N3O/c1-14(2,3)16-7-5-9-17-8-4-6-11-12(17)10-15-13(11)18/h11-12,16H,4-10H2,1-3H3,(H,15,18). The van der Waals surface area contributed by atoms with Crippen LogP contribution in [-0.2, 0) is 4.79 Å². The summed E-state index contributed by atoms with van der Waals surface area (Å²) in [6, 6.07) is 0.459. The number of hydrogen-bond donors (Lipinski definition) is 2. The zero-order valence-electron chi connectivity index (χ0n) is 12.0. The van der Waals surface area contributed by atoms with Crippen molar-refractivity contribution >= 4 is 5.91 Å². The summed E-state index contributed by atoms with van der Waals surface area (Å²) in [7, 11) is 0. The lowest BCUT2D eigenvalue weighted by molar-refractivity contribution is -0.124. The van der Waals surface area contributed by atoms with Crippen molar-refractivity contribution in [3.05, 3.63) is 0 Å². The van der Waals surface area contributed by atoms with Gasteiger partial charge in [0.05, 0.1) is 5.92 Å². The molecule has 104 valence electrons. The molecule has 1 amide bonds. The lowest BCUT2D eigenvalue weighted by Gasteiger charge is -2.36. The normalized spacial score (nSPS) is 29.2. The number of rotatable bonds is 4. The summed E-state index contributed by atoms with van der Waals surface area (Å²) < 4.78 is 0. The Morgan fingerprint density at radius 2 is 2.22 bits per heavy atom. The van der Waals surface area contributed by atoms with Gasteiger partial charge in [-0.05, 0) is 59.7 Å². The van der Waals surface area contributed by atoms with E-state index in [1.807, 2.05) is 0 Å². The van der Waals surface area contributed by atoms with Gasteiger partial charge in [0.15, 0.2) is 0 Å². The highest BCUT2D eigenvalue weighted by Crippen LogP contribution is 2.27. The molecule has 4 heteroatoms. The molecule has 2 saturated heterocycles. The number of piperidine rings is 1. The number of carbonyl (C=O) groups excluding carboxylic acids is 1. The third kappa shape index (κ3) is 3.45. The van der Waals surface area contributed by atoms with E-state index in [1.54, 1.807) is 0 Å². The minimum absolute atomic E-state index is 0.204. The van der Waals surface area contributed by atoms with Crippen molar-refractivity contribution in [2.24, 2.45) is 5.92 Å². The summed E-state index contributed by atoms with van der Waals surface area (Å²) in [6.07, 6.45) is 3.41. The van der Waals surface area contributed by atoms with Crippen LogP contribution in [0.5, 0.6) is 0 Å². The molecule has 2 atom stereocenters. The highest BCUT2D eigenvalue weighted by molar-refractivity contribution is 5.82. The molecular weight excluding hydrogens is 226 g/mol. The number of hydrogen-bond acceptors (Lipinski definition) is 3. The fourth-order valence-corrected chi connectivity index (χ4v) is 3.06. The summed E-state index contributed by atoms with van der Waals surface area (Å²) >= 11 is 0. The van der Waals surface area contributed by atoms with Gasteiger partial charge < -0.3 is 10.6 Å².